The molecular weight excluding hydrogens is 334 g/mol. The predicted molar refractivity (Wildman–Crippen MR) is 88.2 cm³/mol. The molecule has 0 spiro atoms. The van der Waals surface area contributed by atoms with Crippen molar-refractivity contribution in [3.63, 3.8) is 0 Å². The van der Waals surface area contributed by atoms with E-state index in [0.717, 1.165) is 6.26 Å². The van der Waals surface area contributed by atoms with Gasteiger partial charge in [0.25, 0.3) is 0 Å². The summed E-state index contributed by atoms with van der Waals surface area (Å²) < 4.78 is 38.9. The summed E-state index contributed by atoms with van der Waals surface area (Å²) in [6.07, 6.45) is 1.78. The lowest BCUT2D eigenvalue weighted by molar-refractivity contribution is 0.0594. The molecule has 0 saturated heterocycles. The van der Waals surface area contributed by atoms with Crippen LogP contribution in [0.2, 0.25) is 0 Å². The average molecular weight is 353 g/mol. The van der Waals surface area contributed by atoms with Crippen molar-refractivity contribution in [1.82, 2.24) is 4.98 Å². The standard InChI is InChI=1S/C16H19NO6S/c1-21-7-4-8-23-15-10-14(16(18)22-2)17-13-6-5-11(9-12(13)15)24(3,19)20/h5-6,9-10H,4,7-8H2,1-3H3. The Morgan fingerprint density at radius 2 is 1.92 bits per heavy atom. The van der Waals surface area contributed by atoms with Gasteiger partial charge in [0.15, 0.2) is 15.5 Å². The minimum absolute atomic E-state index is 0.0962. The van der Waals surface area contributed by atoms with E-state index in [4.69, 9.17) is 9.47 Å². The van der Waals surface area contributed by atoms with Crippen molar-refractivity contribution in [2.45, 2.75) is 11.3 Å². The van der Waals surface area contributed by atoms with Gasteiger partial charge in [-0.25, -0.2) is 18.2 Å². The zero-order chi connectivity index (χ0) is 17.7. The zero-order valence-corrected chi connectivity index (χ0v) is 14.6. The predicted octanol–water partition coefficient (Wildman–Crippen LogP) is 1.84. The molecule has 0 aliphatic heterocycles. The number of nitrogens with zero attached hydrogens (tertiary/aromatic N) is 1. The highest BCUT2D eigenvalue weighted by Gasteiger charge is 2.16. The molecule has 24 heavy (non-hydrogen) atoms. The quantitative estimate of drug-likeness (QED) is 0.554. The van der Waals surface area contributed by atoms with E-state index in [2.05, 4.69) is 9.72 Å². The number of benzene rings is 1. The molecule has 2 rings (SSSR count). The molecule has 1 aromatic carbocycles. The molecule has 0 unspecified atom stereocenters. The summed E-state index contributed by atoms with van der Waals surface area (Å²) in [7, 11) is -0.509. The summed E-state index contributed by atoms with van der Waals surface area (Å²) in [5.74, 6) is -0.215. The zero-order valence-electron chi connectivity index (χ0n) is 13.7. The number of methoxy groups -OCH3 is 2. The van der Waals surface area contributed by atoms with Crippen molar-refractivity contribution in [2.24, 2.45) is 0 Å². The lowest BCUT2D eigenvalue weighted by Crippen LogP contribution is -2.08. The van der Waals surface area contributed by atoms with E-state index in [-0.39, 0.29) is 10.6 Å². The number of hydrogen-bond donors (Lipinski definition) is 0. The third-order valence-electron chi connectivity index (χ3n) is 3.32. The molecule has 0 N–H and O–H groups in total. The smallest absolute Gasteiger partial charge is 0.356 e. The van der Waals surface area contributed by atoms with E-state index in [1.165, 1.54) is 25.3 Å². The SMILES string of the molecule is COCCCOc1cc(C(=O)OC)nc2ccc(S(C)(=O)=O)cc12. The fourth-order valence-electron chi connectivity index (χ4n) is 2.12. The lowest BCUT2D eigenvalue weighted by Gasteiger charge is -2.11. The van der Waals surface area contributed by atoms with Gasteiger partial charge in [0.05, 0.1) is 24.1 Å². The first-order chi connectivity index (χ1) is 11.4. The van der Waals surface area contributed by atoms with Crippen LogP contribution in [0.4, 0.5) is 0 Å². The van der Waals surface area contributed by atoms with E-state index < -0.39 is 15.8 Å². The fourth-order valence-corrected chi connectivity index (χ4v) is 2.77. The number of hydrogen-bond acceptors (Lipinski definition) is 7. The Kier molecular flexibility index (Phi) is 5.74. The molecular formula is C16H19NO6S. The number of ether oxygens (including phenoxy) is 3. The van der Waals surface area contributed by atoms with Crippen LogP contribution in [0.5, 0.6) is 5.75 Å². The van der Waals surface area contributed by atoms with E-state index in [1.807, 2.05) is 0 Å². The highest BCUT2D eigenvalue weighted by Crippen LogP contribution is 2.28. The van der Waals surface area contributed by atoms with Gasteiger partial charge in [0.2, 0.25) is 0 Å². The summed E-state index contributed by atoms with van der Waals surface area (Å²) >= 11 is 0. The van der Waals surface area contributed by atoms with Crippen LogP contribution < -0.4 is 4.74 Å². The number of sulfone groups is 1. The van der Waals surface area contributed by atoms with Crippen LogP contribution in [-0.4, -0.2) is 53.1 Å². The van der Waals surface area contributed by atoms with Crippen LogP contribution in [-0.2, 0) is 19.3 Å². The Morgan fingerprint density at radius 3 is 2.54 bits per heavy atom. The maximum Gasteiger partial charge on any atom is 0.356 e. The van der Waals surface area contributed by atoms with Gasteiger partial charge in [0, 0.05) is 37.8 Å². The molecule has 0 saturated carbocycles. The molecule has 0 bridgehead atoms. The largest absolute Gasteiger partial charge is 0.493 e. The Labute approximate surface area is 140 Å². The summed E-state index contributed by atoms with van der Waals surface area (Å²) in [4.78, 5) is 16.1. The molecule has 0 fully saturated rings. The van der Waals surface area contributed by atoms with E-state index in [9.17, 15) is 13.2 Å². The van der Waals surface area contributed by atoms with Crippen molar-refractivity contribution in [3.05, 3.63) is 30.0 Å². The minimum atomic E-state index is -3.37. The molecule has 0 atom stereocenters. The van der Waals surface area contributed by atoms with E-state index in [1.54, 1.807) is 13.2 Å². The number of fused-ring (bicyclic) bond motifs is 1. The van der Waals surface area contributed by atoms with Crippen molar-refractivity contribution in [2.75, 3.05) is 33.7 Å². The van der Waals surface area contributed by atoms with Crippen molar-refractivity contribution < 1.29 is 27.4 Å². The Hall–Kier alpha value is -2.19. The van der Waals surface area contributed by atoms with Gasteiger partial charge in [-0.05, 0) is 18.2 Å². The van der Waals surface area contributed by atoms with Gasteiger partial charge in [-0.3, -0.25) is 0 Å². The number of carbonyl (C=O) groups excluding carboxylic acids is 1. The summed E-state index contributed by atoms with van der Waals surface area (Å²) in [5, 5.41) is 0.517. The summed E-state index contributed by atoms with van der Waals surface area (Å²) in [6.45, 7) is 0.887. The van der Waals surface area contributed by atoms with Crippen LogP contribution in [0.15, 0.2) is 29.2 Å². The molecule has 2 aromatic rings. The van der Waals surface area contributed by atoms with Crippen LogP contribution in [0.3, 0.4) is 0 Å². The Bertz CT molecular complexity index is 847. The second-order valence-corrected chi connectivity index (χ2v) is 7.16. The summed E-state index contributed by atoms with van der Waals surface area (Å²) in [6, 6.07) is 5.93. The molecule has 0 aliphatic carbocycles. The van der Waals surface area contributed by atoms with Gasteiger partial charge in [0.1, 0.15) is 5.75 Å². The number of rotatable bonds is 7. The second-order valence-electron chi connectivity index (χ2n) is 5.14. The third kappa shape index (κ3) is 4.21. The average Bonchev–Trinajstić information content (AvgIpc) is 2.56. The topological polar surface area (TPSA) is 91.8 Å². The number of pyridine rings is 1. The van der Waals surface area contributed by atoms with Crippen LogP contribution >= 0.6 is 0 Å². The van der Waals surface area contributed by atoms with Crippen LogP contribution in [0, 0.1) is 0 Å². The highest BCUT2D eigenvalue weighted by atomic mass is 32.2. The molecule has 0 aliphatic rings. The van der Waals surface area contributed by atoms with Gasteiger partial charge in [-0.15, -0.1) is 0 Å². The first-order valence-electron chi connectivity index (χ1n) is 7.21. The Morgan fingerprint density at radius 1 is 1.17 bits per heavy atom. The molecule has 8 heteroatoms. The van der Waals surface area contributed by atoms with Crippen LogP contribution in [0.1, 0.15) is 16.9 Å². The normalized spacial score (nSPS) is 11.5. The maximum atomic E-state index is 11.8. The molecule has 7 nitrogen and oxygen atoms in total. The lowest BCUT2D eigenvalue weighted by atomic mass is 10.2. The minimum Gasteiger partial charge on any atom is -0.493 e. The third-order valence-corrected chi connectivity index (χ3v) is 4.43. The van der Waals surface area contributed by atoms with Gasteiger partial charge in [-0.2, -0.15) is 0 Å². The van der Waals surface area contributed by atoms with Crippen molar-refractivity contribution >= 4 is 26.7 Å². The molecule has 1 heterocycles. The van der Waals surface area contributed by atoms with Gasteiger partial charge >= 0.3 is 5.97 Å². The van der Waals surface area contributed by atoms with E-state index in [0.29, 0.717) is 36.3 Å². The number of aromatic nitrogens is 1. The first kappa shape index (κ1) is 18.2. The van der Waals surface area contributed by atoms with Crippen molar-refractivity contribution in [3.8, 4) is 5.75 Å². The van der Waals surface area contributed by atoms with Crippen LogP contribution in [0.25, 0.3) is 10.9 Å². The summed E-state index contributed by atoms with van der Waals surface area (Å²) in [5.41, 5.74) is 0.547. The van der Waals surface area contributed by atoms with E-state index >= 15 is 0 Å². The molecule has 130 valence electrons. The number of carbonyl (C=O) groups is 1. The Balaban J connectivity index is 2.52. The maximum absolute atomic E-state index is 11.8. The monoisotopic (exact) mass is 353 g/mol. The number of esters is 1. The molecule has 1 aromatic heterocycles. The molecule has 0 amide bonds. The highest BCUT2D eigenvalue weighted by molar-refractivity contribution is 7.90. The fraction of sp³-hybridized carbons (Fsp3) is 0.375. The van der Waals surface area contributed by atoms with Gasteiger partial charge in [-0.1, -0.05) is 0 Å². The first-order valence-corrected chi connectivity index (χ1v) is 9.11. The second kappa shape index (κ2) is 7.59. The van der Waals surface area contributed by atoms with Crippen molar-refractivity contribution in [1.29, 1.82) is 0 Å². The van der Waals surface area contributed by atoms with Gasteiger partial charge < -0.3 is 14.2 Å². The molecule has 0 radical (unpaired) electrons.